The Hall–Kier alpha value is -1.90. The van der Waals surface area contributed by atoms with Crippen LogP contribution in [0.5, 0.6) is 0 Å². The Labute approximate surface area is 114 Å². The smallest absolute Gasteiger partial charge is 0.262 e. The number of amides is 1. The lowest BCUT2D eigenvalue weighted by Crippen LogP contribution is -2.23. The van der Waals surface area contributed by atoms with Crippen molar-refractivity contribution >= 4 is 27.3 Å². The van der Waals surface area contributed by atoms with Crippen LogP contribution < -0.4 is 5.32 Å². The summed E-state index contributed by atoms with van der Waals surface area (Å²) >= 11 is 1.24. The number of ether oxygens (including phenoxy) is 1. The van der Waals surface area contributed by atoms with Gasteiger partial charge in [0.15, 0.2) is 0 Å². The van der Waals surface area contributed by atoms with Gasteiger partial charge in [-0.25, -0.2) is 4.39 Å². The van der Waals surface area contributed by atoms with E-state index in [1.807, 2.05) is 0 Å². The third kappa shape index (κ3) is 2.60. The molecule has 3 nitrogen and oxygen atoms in total. The number of hydrogen-bond donors (Lipinski definition) is 1. The molecule has 1 amide bonds. The molecular weight excluding hydrogens is 265 g/mol. The zero-order valence-electron chi connectivity index (χ0n) is 10.3. The van der Waals surface area contributed by atoms with Crippen molar-refractivity contribution < 1.29 is 13.9 Å². The number of carbonyl (C=O) groups excluding carboxylic acids is 1. The molecule has 2 aromatic rings. The van der Waals surface area contributed by atoms with Crippen LogP contribution in [0.4, 0.5) is 4.39 Å². The highest BCUT2D eigenvalue weighted by Crippen LogP contribution is 2.33. The first kappa shape index (κ1) is 13.5. The zero-order valence-corrected chi connectivity index (χ0v) is 11.1. The van der Waals surface area contributed by atoms with Crippen molar-refractivity contribution in [1.29, 1.82) is 0 Å². The van der Waals surface area contributed by atoms with Gasteiger partial charge in [-0.15, -0.1) is 17.8 Å². The molecule has 98 valence electrons. The molecule has 0 aliphatic heterocycles. The van der Waals surface area contributed by atoms with Crippen molar-refractivity contribution in [2.24, 2.45) is 0 Å². The van der Waals surface area contributed by atoms with Gasteiger partial charge in [0.25, 0.3) is 5.91 Å². The van der Waals surface area contributed by atoms with Crippen LogP contribution in [0, 0.1) is 18.2 Å². The van der Waals surface area contributed by atoms with Gasteiger partial charge in [0.05, 0.1) is 18.0 Å². The van der Waals surface area contributed by atoms with E-state index in [9.17, 15) is 9.18 Å². The van der Waals surface area contributed by atoms with Crippen molar-refractivity contribution in [2.75, 3.05) is 13.7 Å². The number of hydrogen-bond acceptors (Lipinski definition) is 3. The van der Waals surface area contributed by atoms with E-state index in [0.29, 0.717) is 15.8 Å². The van der Waals surface area contributed by atoms with Crippen LogP contribution in [-0.4, -0.2) is 19.6 Å². The highest BCUT2D eigenvalue weighted by molar-refractivity contribution is 7.21. The van der Waals surface area contributed by atoms with Crippen LogP contribution in [0.1, 0.15) is 15.2 Å². The SMILES string of the molecule is C#CCNC(=O)c1sc2cccc(F)c2c1COC. The summed E-state index contributed by atoms with van der Waals surface area (Å²) in [6.07, 6.45) is 5.10. The molecule has 0 radical (unpaired) electrons. The van der Waals surface area contributed by atoms with Crippen LogP contribution in [-0.2, 0) is 11.3 Å². The second-order valence-corrected chi connectivity index (χ2v) is 4.89. The van der Waals surface area contributed by atoms with Gasteiger partial charge in [0, 0.05) is 22.8 Å². The number of thiophene rings is 1. The van der Waals surface area contributed by atoms with E-state index in [0.717, 1.165) is 4.70 Å². The molecule has 5 heteroatoms. The average Bonchev–Trinajstić information content (AvgIpc) is 2.77. The van der Waals surface area contributed by atoms with Gasteiger partial charge in [0.2, 0.25) is 0 Å². The first-order chi connectivity index (χ1) is 9.19. The monoisotopic (exact) mass is 277 g/mol. The number of halogens is 1. The molecule has 0 aliphatic carbocycles. The van der Waals surface area contributed by atoms with Gasteiger partial charge in [-0.3, -0.25) is 4.79 Å². The summed E-state index contributed by atoms with van der Waals surface area (Å²) in [4.78, 5) is 12.4. The third-order valence-electron chi connectivity index (χ3n) is 2.61. The van der Waals surface area contributed by atoms with E-state index in [2.05, 4.69) is 11.2 Å². The maximum Gasteiger partial charge on any atom is 0.262 e. The first-order valence-electron chi connectivity index (χ1n) is 5.59. The molecule has 0 saturated carbocycles. The van der Waals surface area contributed by atoms with Crippen molar-refractivity contribution in [3.63, 3.8) is 0 Å². The Balaban J connectivity index is 2.54. The molecular formula is C14H12FNO2S. The van der Waals surface area contributed by atoms with E-state index >= 15 is 0 Å². The van der Waals surface area contributed by atoms with Crippen molar-refractivity contribution in [3.05, 3.63) is 34.5 Å². The normalized spacial score (nSPS) is 10.4. The topological polar surface area (TPSA) is 38.3 Å². The molecule has 0 fully saturated rings. The Morgan fingerprint density at radius 2 is 2.37 bits per heavy atom. The maximum atomic E-state index is 13.9. The fraction of sp³-hybridized carbons (Fsp3) is 0.214. The molecule has 0 spiro atoms. The summed E-state index contributed by atoms with van der Waals surface area (Å²) < 4.78 is 19.7. The maximum absolute atomic E-state index is 13.9. The molecule has 0 bridgehead atoms. The van der Waals surface area contributed by atoms with Gasteiger partial charge < -0.3 is 10.1 Å². The minimum absolute atomic E-state index is 0.141. The van der Waals surface area contributed by atoms with E-state index in [-0.39, 0.29) is 24.9 Å². The lowest BCUT2D eigenvalue weighted by Gasteiger charge is -2.04. The first-order valence-corrected chi connectivity index (χ1v) is 6.41. The van der Waals surface area contributed by atoms with Crippen LogP contribution in [0.3, 0.4) is 0 Å². The largest absolute Gasteiger partial charge is 0.380 e. The van der Waals surface area contributed by atoms with Crippen LogP contribution in [0.15, 0.2) is 18.2 Å². The Kier molecular flexibility index (Phi) is 4.15. The fourth-order valence-corrected chi connectivity index (χ4v) is 2.98. The number of terminal acetylenes is 1. The zero-order chi connectivity index (χ0) is 13.8. The quantitative estimate of drug-likeness (QED) is 0.872. The standard InChI is InChI=1S/C14H12FNO2S/c1-3-7-16-14(17)13-9(8-18-2)12-10(15)5-4-6-11(12)19-13/h1,4-6H,7-8H2,2H3,(H,16,17). The minimum Gasteiger partial charge on any atom is -0.380 e. The highest BCUT2D eigenvalue weighted by Gasteiger charge is 2.20. The van der Waals surface area contributed by atoms with E-state index in [1.165, 1.54) is 24.5 Å². The molecule has 0 saturated heterocycles. The Bertz CT molecular complexity index is 657. The van der Waals surface area contributed by atoms with Crippen molar-refractivity contribution in [3.8, 4) is 12.3 Å². The molecule has 0 aliphatic rings. The average molecular weight is 277 g/mol. The van der Waals surface area contributed by atoms with Gasteiger partial charge in [-0.05, 0) is 12.1 Å². The van der Waals surface area contributed by atoms with Crippen molar-refractivity contribution in [1.82, 2.24) is 5.32 Å². The summed E-state index contributed by atoms with van der Waals surface area (Å²) in [5.74, 6) is 1.68. The van der Waals surface area contributed by atoms with E-state index < -0.39 is 0 Å². The number of fused-ring (bicyclic) bond motifs is 1. The predicted molar refractivity (Wildman–Crippen MR) is 73.7 cm³/mol. The lowest BCUT2D eigenvalue weighted by molar-refractivity contribution is 0.0958. The predicted octanol–water partition coefficient (Wildman–Crippen LogP) is 2.55. The molecule has 1 N–H and O–H groups in total. The number of benzene rings is 1. The van der Waals surface area contributed by atoms with E-state index in [1.54, 1.807) is 12.1 Å². The molecule has 1 aromatic carbocycles. The third-order valence-corrected chi connectivity index (χ3v) is 3.81. The molecule has 1 aromatic heterocycles. The van der Waals surface area contributed by atoms with Crippen LogP contribution >= 0.6 is 11.3 Å². The second-order valence-electron chi connectivity index (χ2n) is 3.84. The van der Waals surface area contributed by atoms with Gasteiger partial charge >= 0.3 is 0 Å². The lowest BCUT2D eigenvalue weighted by atomic mass is 10.1. The molecule has 0 atom stereocenters. The number of rotatable bonds is 4. The molecule has 1 heterocycles. The van der Waals surface area contributed by atoms with Gasteiger partial charge in [-0.1, -0.05) is 12.0 Å². The summed E-state index contributed by atoms with van der Waals surface area (Å²) in [5, 5.41) is 3.03. The van der Waals surface area contributed by atoms with Crippen LogP contribution in [0.2, 0.25) is 0 Å². The highest BCUT2D eigenvalue weighted by atomic mass is 32.1. The van der Waals surface area contributed by atoms with Gasteiger partial charge in [-0.2, -0.15) is 0 Å². The molecule has 2 rings (SSSR count). The molecule has 19 heavy (non-hydrogen) atoms. The fourth-order valence-electron chi connectivity index (χ4n) is 1.84. The summed E-state index contributed by atoms with van der Waals surface area (Å²) in [6.45, 7) is 0.321. The Morgan fingerprint density at radius 1 is 1.58 bits per heavy atom. The van der Waals surface area contributed by atoms with E-state index in [4.69, 9.17) is 11.2 Å². The molecule has 0 unspecified atom stereocenters. The summed E-state index contributed by atoms with van der Waals surface area (Å²) in [6, 6.07) is 4.77. The minimum atomic E-state index is -0.350. The van der Waals surface area contributed by atoms with Crippen LogP contribution in [0.25, 0.3) is 10.1 Å². The summed E-state index contributed by atoms with van der Waals surface area (Å²) in [7, 11) is 1.51. The van der Waals surface area contributed by atoms with Crippen molar-refractivity contribution in [2.45, 2.75) is 6.61 Å². The number of nitrogens with one attached hydrogen (secondary N) is 1. The second kappa shape index (κ2) is 5.83. The number of methoxy groups -OCH3 is 1. The van der Waals surface area contributed by atoms with Gasteiger partial charge in [0.1, 0.15) is 5.82 Å². The number of carbonyl (C=O) groups is 1. The Morgan fingerprint density at radius 3 is 3.05 bits per heavy atom. The summed E-state index contributed by atoms with van der Waals surface area (Å²) in [5.41, 5.74) is 0.565.